The summed E-state index contributed by atoms with van der Waals surface area (Å²) in [4.78, 5) is 23.7. The van der Waals surface area contributed by atoms with E-state index in [4.69, 9.17) is 9.47 Å². The van der Waals surface area contributed by atoms with Gasteiger partial charge in [-0.3, -0.25) is 0 Å². The first kappa shape index (κ1) is 18.2. The van der Waals surface area contributed by atoms with Crippen LogP contribution in [0, 0.1) is 0 Å². The van der Waals surface area contributed by atoms with Crippen LogP contribution in [0.25, 0.3) is 11.1 Å². The van der Waals surface area contributed by atoms with Crippen molar-refractivity contribution in [2.75, 3.05) is 14.2 Å². The van der Waals surface area contributed by atoms with Crippen molar-refractivity contribution in [2.24, 2.45) is 0 Å². The molecule has 3 aromatic rings. The van der Waals surface area contributed by atoms with Crippen molar-refractivity contribution in [3.05, 3.63) is 83.9 Å². The highest BCUT2D eigenvalue weighted by Gasteiger charge is 2.09. The molecule has 5 heteroatoms. The first-order chi connectivity index (χ1) is 13.1. The van der Waals surface area contributed by atoms with Crippen molar-refractivity contribution < 1.29 is 23.8 Å². The third-order valence-corrected chi connectivity index (χ3v) is 4.03. The minimum Gasteiger partial charge on any atom is -0.497 e. The van der Waals surface area contributed by atoms with Crippen LogP contribution in [0.4, 0.5) is 0 Å². The lowest BCUT2D eigenvalue weighted by Crippen LogP contribution is -2.08. The lowest BCUT2D eigenvalue weighted by atomic mass is 10.0. The van der Waals surface area contributed by atoms with E-state index in [0.717, 1.165) is 11.1 Å². The highest BCUT2D eigenvalue weighted by molar-refractivity contribution is 5.91. The second-order valence-electron chi connectivity index (χ2n) is 5.71. The largest absolute Gasteiger partial charge is 0.497 e. The molecule has 3 rings (SSSR count). The molecule has 0 unspecified atom stereocenters. The van der Waals surface area contributed by atoms with E-state index >= 15 is 0 Å². The SMILES string of the molecule is COC(=O)c1ccc(-c2ccc(OC(=O)c3ccc(OC)cc3)cc2)cc1. The molecule has 0 amide bonds. The Balaban J connectivity index is 1.69. The molecule has 0 aliphatic carbocycles. The van der Waals surface area contributed by atoms with Gasteiger partial charge >= 0.3 is 11.9 Å². The summed E-state index contributed by atoms with van der Waals surface area (Å²) in [5.74, 6) is 0.315. The van der Waals surface area contributed by atoms with Gasteiger partial charge in [0.15, 0.2) is 0 Å². The van der Waals surface area contributed by atoms with E-state index in [1.54, 1.807) is 55.6 Å². The number of carbonyl (C=O) groups excluding carboxylic acids is 2. The van der Waals surface area contributed by atoms with Crippen molar-refractivity contribution in [1.82, 2.24) is 0 Å². The molecule has 0 aliphatic heterocycles. The Kier molecular flexibility index (Phi) is 5.52. The van der Waals surface area contributed by atoms with Gasteiger partial charge in [-0.1, -0.05) is 24.3 Å². The summed E-state index contributed by atoms with van der Waals surface area (Å²) in [6.07, 6.45) is 0. The van der Waals surface area contributed by atoms with Crippen LogP contribution in [0.15, 0.2) is 72.8 Å². The number of hydrogen-bond acceptors (Lipinski definition) is 5. The van der Waals surface area contributed by atoms with E-state index < -0.39 is 5.97 Å². The average Bonchev–Trinajstić information content (AvgIpc) is 2.74. The zero-order valence-electron chi connectivity index (χ0n) is 15.0. The number of benzene rings is 3. The number of rotatable bonds is 5. The number of carbonyl (C=O) groups is 2. The van der Waals surface area contributed by atoms with Gasteiger partial charge in [-0.15, -0.1) is 0 Å². The van der Waals surface area contributed by atoms with Crippen molar-refractivity contribution in [3.8, 4) is 22.6 Å². The number of methoxy groups -OCH3 is 2. The van der Waals surface area contributed by atoms with E-state index in [0.29, 0.717) is 22.6 Å². The van der Waals surface area contributed by atoms with E-state index in [-0.39, 0.29) is 5.97 Å². The van der Waals surface area contributed by atoms with Crippen LogP contribution in [0.5, 0.6) is 11.5 Å². The molecular weight excluding hydrogens is 344 g/mol. The van der Waals surface area contributed by atoms with Gasteiger partial charge in [0.2, 0.25) is 0 Å². The Hall–Kier alpha value is -3.60. The number of hydrogen-bond donors (Lipinski definition) is 0. The van der Waals surface area contributed by atoms with Crippen molar-refractivity contribution in [1.29, 1.82) is 0 Å². The summed E-state index contributed by atoms with van der Waals surface area (Å²) in [5, 5.41) is 0. The monoisotopic (exact) mass is 362 g/mol. The van der Waals surface area contributed by atoms with Gasteiger partial charge in [-0.25, -0.2) is 9.59 Å². The first-order valence-electron chi connectivity index (χ1n) is 8.26. The van der Waals surface area contributed by atoms with Gasteiger partial charge in [0, 0.05) is 0 Å². The predicted octanol–water partition coefficient (Wildman–Crippen LogP) is 4.37. The van der Waals surface area contributed by atoms with Crippen LogP contribution in [-0.4, -0.2) is 26.2 Å². The fourth-order valence-corrected chi connectivity index (χ4v) is 2.53. The van der Waals surface area contributed by atoms with Crippen LogP contribution in [0.1, 0.15) is 20.7 Å². The van der Waals surface area contributed by atoms with Crippen molar-refractivity contribution >= 4 is 11.9 Å². The minimum atomic E-state index is -0.437. The smallest absolute Gasteiger partial charge is 0.343 e. The zero-order valence-corrected chi connectivity index (χ0v) is 15.0. The number of esters is 2. The third kappa shape index (κ3) is 4.33. The summed E-state index contributed by atoms with van der Waals surface area (Å²) in [6, 6.07) is 21.0. The Morgan fingerprint density at radius 2 is 1.04 bits per heavy atom. The van der Waals surface area contributed by atoms with Crippen molar-refractivity contribution in [2.45, 2.75) is 0 Å². The van der Waals surface area contributed by atoms with E-state index in [1.165, 1.54) is 7.11 Å². The minimum absolute atomic E-state index is 0.373. The van der Waals surface area contributed by atoms with Crippen LogP contribution < -0.4 is 9.47 Å². The van der Waals surface area contributed by atoms with E-state index in [9.17, 15) is 9.59 Å². The molecule has 0 spiro atoms. The molecule has 0 saturated carbocycles. The molecule has 0 atom stereocenters. The molecule has 0 radical (unpaired) electrons. The fraction of sp³-hybridized carbons (Fsp3) is 0.0909. The summed E-state index contributed by atoms with van der Waals surface area (Å²) >= 11 is 0. The molecule has 5 nitrogen and oxygen atoms in total. The Bertz CT molecular complexity index is 926. The molecule has 0 heterocycles. The molecule has 0 aliphatic rings. The molecule has 27 heavy (non-hydrogen) atoms. The maximum absolute atomic E-state index is 12.2. The average molecular weight is 362 g/mol. The highest BCUT2D eigenvalue weighted by Crippen LogP contribution is 2.24. The van der Waals surface area contributed by atoms with Gasteiger partial charge in [0.05, 0.1) is 25.3 Å². The Morgan fingerprint density at radius 3 is 1.56 bits per heavy atom. The van der Waals surface area contributed by atoms with E-state index in [2.05, 4.69) is 4.74 Å². The zero-order chi connectivity index (χ0) is 19.2. The van der Waals surface area contributed by atoms with Crippen LogP contribution in [0.2, 0.25) is 0 Å². The van der Waals surface area contributed by atoms with Crippen LogP contribution in [-0.2, 0) is 4.74 Å². The Labute approximate surface area is 157 Å². The molecule has 0 N–H and O–H groups in total. The van der Waals surface area contributed by atoms with Gasteiger partial charge < -0.3 is 14.2 Å². The topological polar surface area (TPSA) is 61.8 Å². The third-order valence-electron chi connectivity index (χ3n) is 4.03. The lowest BCUT2D eigenvalue weighted by molar-refractivity contribution is 0.0600. The van der Waals surface area contributed by atoms with Gasteiger partial charge in [-0.2, -0.15) is 0 Å². The maximum Gasteiger partial charge on any atom is 0.343 e. The molecule has 3 aromatic carbocycles. The molecular formula is C22H18O5. The van der Waals surface area contributed by atoms with E-state index in [1.807, 2.05) is 24.3 Å². The highest BCUT2D eigenvalue weighted by atomic mass is 16.5. The quantitative estimate of drug-likeness (QED) is 0.498. The Morgan fingerprint density at radius 1 is 0.593 bits per heavy atom. The predicted molar refractivity (Wildman–Crippen MR) is 101 cm³/mol. The molecule has 136 valence electrons. The molecule has 0 saturated heterocycles. The second kappa shape index (κ2) is 8.19. The standard InChI is InChI=1S/C22H18O5/c1-25-19-11-9-18(10-12-19)22(24)27-20-13-7-16(8-14-20)15-3-5-17(6-4-15)21(23)26-2/h3-14H,1-2H3. The second-order valence-corrected chi connectivity index (χ2v) is 5.71. The molecule has 0 fully saturated rings. The lowest BCUT2D eigenvalue weighted by Gasteiger charge is -2.07. The van der Waals surface area contributed by atoms with Gasteiger partial charge in [-0.05, 0) is 59.7 Å². The summed E-state index contributed by atoms with van der Waals surface area (Å²) in [7, 11) is 2.92. The fourth-order valence-electron chi connectivity index (χ4n) is 2.53. The molecule has 0 aromatic heterocycles. The normalized spacial score (nSPS) is 10.1. The van der Waals surface area contributed by atoms with Crippen LogP contribution >= 0.6 is 0 Å². The van der Waals surface area contributed by atoms with Crippen LogP contribution in [0.3, 0.4) is 0 Å². The first-order valence-corrected chi connectivity index (χ1v) is 8.26. The summed E-state index contributed by atoms with van der Waals surface area (Å²) in [6.45, 7) is 0. The summed E-state index contributed by atoms with van der Waals surface area (Å²) in [5.41, 5.74) is 2.82. The van der Waals surface area contributed by atoms with Crippen molar-refractivity contribution in [3.63, 3.8) is 0 Å². The number of ether oxygens (including phenoxy) is 3. The van der Waals surface area contributed by atoms with Gasteiger partial charge in [0.1, 0.15) is 11.5 Å². The van der Waals surface area contributed by atoms with Gasteiger partial charge in [0.25, 0.3) is 0 Å². The summed E-state index contributed by atoms with van der Waals surface area (Å²) < 4.78 is 15.1. The molecule has 0 bridgehead atoms. The maximum atomic E-state index is 12.2.